The predicted molar refractivity (Wildman–Crippen MR) is 31.1 cm³/mol. The third kappa shape index (κ3) is 0.863. The van der Waals surface area contributed by atoms with E-state index in [2.05, 4.69) is 34.5 Å². The van der Waals surface area contributed by atoms with Crippen LogP contribution in [0.3, 0.4) is 0 Å². The molecule has 0 aliphatic heterocycles. The van der Waals surface area contributed by atoms with Crippen LogP contribution in [0.5, 0.6) is 0 Å². The topological polar surface area (TPSA) is 28.9 Å². The Kier molecular flexibility index (Phi) is 1.21. The van der Waals surface area contributed by atoms with Gasteiger partial charge in [0.25, 0.3) is 0 Å². The highest BCUT2D eigenvalue weighted by molar-refractivity contribution is 7.81. The Labute approximate surface area is 50.9 Å². The Morgan fingerprint density at radius 3 is 2.71 bits per heavy atom. The van der Waals surface area contributed by atoms with Crippen LogP contribution in [-0.2, 0) is 0 Å². The molecule has 0 spiro atoms. The smallest absolute Gasteiger partial charge is 0.233 e. The van der Waals surface area contributed by atoms with E-state index in [1.165, 1.54) is 0 Å². The van der Waals surface area contributed by atoms with Gasteiger partial charge in [0, 0.05) is 0 Å². The third-order valence-corrected chi connectivity index (χ3v) is 1.34. The quantitative estimate of drug-likeness (QED) is 0.416. The molecule has 0 unspecified atom stereocenters. The molecular formula is C3H3NOS2. The summed E-state index contributed by atoms with van der Waals surface area (Å²) in [5, 5.41) is 2.44. The zero-order valence-electron chi connectivity index (χ0n) is 3.34. The highest BCUT2D eigenvalue weighted by Gasteiger charge is 1.86. The standard InChI is InChI=1S/C3H3NOS2/c6-2-1-4-5-3(2)7/h1,4,6H. The maximum absolute atomic E-state index is 4.61. The molecule has 1 rings (SSSR count). The van der Waals surface area contributed by atoms with Crippen molar-refractivity contribution in [3.63, 3.8) is 0 Å². The molecule has 0 saturated heterocycles. The van der Waals surface area contributed by atoms with Gasteiger partial charge in [0.2, 0.25) is 4.71 Å². The van der Waals surface area contributed by atoms with Crippen molar-refractivity contribution in [3.05, 3.63) is 10.9 Å². The summed E-state index contributed by atoms with van der Waals surface area (Å²) in [6, 6.07) is 0. The predicted octanol–water partition coefficient (Wildman–Crippen LogP) is 1.63. The lowest BCUT2D eigenvalue weighted by atomic mass is 10.8. The fourth-order valence-electron chi connectivity index (χ4n) is 0.250. The van der Waals surface area contributed by atoms with Gasteiger partial charge in [-0.1, -0.05) is 0 Å². The monoisotopic (exact) mass is 133 g/mol. The molecular weight excluding hydrogens is 130 g/mol. The maximum Gasteiger partial charge on any atom is 0.233 e. The Morgan fingerprint density at radius 2 is 2.57 bits per heavy atom. The Morgan fingerprint density at radius 1 is 1.86 bits per heavy atom. The number of nitrogens with one attached hydrogen (secondary N) is 1. The van der Waals surface area contributed by atoms with E-state index < -0.39 is 0 Å². The van der Waals surface area contributed by atoms with Crippen molar-refractivity contribution < 1.29 is 4.52 Å². The number of hydrogen-bond donors (Lipinski definition) is 2. The van der Waals surface area contributed by atoms with Gasteiger partial charge in [-0.25, -0.2) is 5.16 Å². The minimum absolute atomic E-state index is 0.406. The van der Waals surface area contributed by atoms with Gasteiger partial charge in [-0.3, -0.25) is 0 Å². The Bertz CT molecular complexity index is 201. The SMILES string of the molecule is S=c1o[nH]cc1S. The van der Waals surface area contributed by atoms with Crippen molar-refractivity contribution in [2.45, 2.75) is 4.90 Å². The molecule has 1 heterocycles. The lowest BCUT2D eigenvalue weighted by Gasteiger charge is -1.63. The van der Waals surface area contributed by atoms with Gasteiger partial charge >= 0.3 is 0 Å². The van der Waals surface area contributed by atoms with Gasteiger partial charge in [0.1, 0.15) is 0 Å². The average Bonchev–Trinajstić information content (AvgIpc) is 1.91. The summed E-state index contributed by atoms with van der Waals surface area (Å²) in [5.41, 5.74) is 0. The second-order valence-corrected chi connectivity index (χ2v) is 1.89. The van der Waals surface area contributed by atoms with Crippen LogP contribution in [-0.4, -0.2) is 5.16 Å². The molecule has 1 aromatic heterocycles. The number of aromatic nitrogens is 1. The molecule has 4 heteroatoms. The molecule has 0 aliphatic carbocycles. The highest BCUT2D eigenvalue weighted by Crippen LogP contribution is 2.04. The molecule has 2 nitrogen and oxygen atoms in total. The van der Waals surface area contributed by atoms with Crippen LogP contribution in [0.15, 0.2) is 15.6 Å². The van der Waals surface area contributed by atoms with E-state index in [9.17, 15) is 0 Å². The molecule has 0 atom stereocenters. The van der Waals surface area contributed by atoms with Crippen molar-refractivity contribution in [2.24, 2.45) is 0 Å². The first-order chi connectivity index (χ1) is 3.30. The minimum Gasteiger partial charge on any atom is -0.370 e. The van der Waals surface area contributed by atoms with Gasteiger partial charge in [0.15, 0.2) is 0 Å². The summed E-state index contributed by atoms with van der Waals surface area (Å²) in [5.74, 6) is 0. The number of thiol groups is 1. The van der Waals surface area contributed by atoms with Gasteiger partial charge in [-0.15, -0.1) is 12.6 Å². The van der Waals surface area contributed by atoms with Crippen molar-refractivity contribution in [1.29, 1.82) is 0 Å². The molecule has 0 saturated carbocycles. The summed E-state index contributed by atoms with van der Waals surface area (Å²) >= 11 is 8.53. The number of rotatable bonds is 0. The molecule has 1 aromatic rings. The number of aromatic amines is 1. The summed E-state index contributed by atoms with van der Waals surface area (Å²) in [6.45, 7) is 0. The maximum atomic E-state index is 4.61. The molecule has 0 bridgehead atoms. The fraction of sp³-hybridized carbons (Fsp3) is 0. The third-order valence-electron chi connectivity index (χ3n) is 0.556. The van der Waals surface area contributed by atoms with E-state index in [0.29, 0.717) is 9.60 Å². The van der Waals surface area contributed by atoms with E-state index in [4.69, 9.17) is 0 Å². The van der Waals surface area contributed by atoms with E-state index in [-0.39, 0.29) is 0 Å². The molecule has 0 aliphatic rings. The van der Waals surface area contributed by atoms with Crippen LogP contribution in [0, 0.1) is 4.71 Å². The fourth-order valence-corrected chi connectivity index (χ4v) is 0.455. The summed E-state index contributed by atoms with van der Waals surface area (Å²) in [4.78, 5) is 0.676. The van der Waals surface area contributed by atoms with Crippen LogP contribution in [0.1, 0.15) is 0 Å². The van der Waals surface area contributed by atoms with E-state index in [1.54, 1.807) is 6.20 Å². The first-order valence-corrected chi connectivity index (χ1v) is 2.52. The van der Waals surface area contributed by atoms with Crippen molar-refractivity contribution >= 4 is 24.8 Å². The average molecular weight is 133 g/mol. The lowest BCUT2D eigenvalue weighted by Crippen LogP contribution is -1.46. The van der Waals surface area contributed by atoms with Crippen LogP contribution < -0.4 is 0 Å². The van der Waals surface area contributed by atoms with E-state index >= 15 is 0 Å². The first-order valence-electron chi connectivity index (χ1n) is 1.66. The van der Waals surface area contributed by atoms with Crippen molar-refractivity contribution in [3.8, 4) is 0 Å². The molecule has 7 heavy (non-hydrogen) atoms. The normalized spacial score (nSPS) is 9.29. The van der Waals surface area contributed by atoms with Gasteiger partial charge < -0.3 is 4.52 Å². The summed E-state index contributed by atoms with van der Waals surface area (Å²) in [6.07, 6.45) is 1.59. The van der Waals surface area contributed by atoms with Crippen molar-refractivity contribution in [1.82, 2.24) is 5.16 Å². The van der Waals surface area contributed by atoms with Crippen LogP contribution in [0.2, 0.25) is 0 Å². The molecule has 0 aromatic carbocycles. The second kappa shape index (κ2) is 1.71. The van der Waals surface area contributed by atoms with Crippen molar-refractivity contribution in [2.75, 3.05) is 0 Å². The van der Waals surface area contributed by atoms with Crippen LogP contribution in [0.4, 0.5) is 0 Å². The summed E-state index contributed by atoms with van der Waals surface area (Å²) < 4.78 is 4.98. The Balaban J connectivity index is 3.39. The number of hydrogen-bond acceptors (Lipinski definition) is 3. The molecule has 1 N–H and O–H groups in total. The van der Waals surface area contributed by atoms with Crippen LogP contribution >= 0.6 is 24.8 Å². The first kappa shape index (κ1) is 4.93. The van der Waals surface area contributed by atoms with E-state index in [1.807, 2.05) is 0 Å². The Hall–Kier alpha value is -0.220. The zero-order chi connectivity index (χ0) is 5.28. The summed E-state index contributed by atoms with van der Waals surface area (Å²) in [7, 11) is 0. The minimum atomic E-state index is 0.406. The number of H-pyrrole nitrogens is 1. The van der Waals surface area contributed by atoms with Gasteiger partial charge in [-0.05, 0) is 12.2 Å². The molecule has 0 amide bonds. The largest absolute Gasteiger partial charge is 0.370 e. The van der Waals surface area contributed by atoms with E-state index in [0.717, 1.165) is 0 Å². The van der Waals surface area contributed by atoms with Gasteiger partial charge in [0.05, 0.1) is 11.1 Å². The molecule has 38 valence electrons. The zero-order valence-corrected chi connectivity index (χ0v) is 5.05. The van der Waals surface area contributed by atoms with Crippen LogP contribution in [0.25, 0.3) is 0 Å². The highest BCUT2D eigenvalue weighted by atomic mass is 32.1. The molecule has 0 radical (unpaired) electrons. The second-order valence-electron chi connectivity index (χ2n) is 1.04. The van der Waals surface area contributed by atoms with Gasteiger partial charge in [-0.2, -0.15) is 0 Å². The molecule has 0 fully saturated rings. The lowest BCUT2D eigenvalue weighted by molar-refractivity contribution is 0.406.